The summed E-state index contributed by atoms with van der Waals surface area (Å²) in [6, 6.07) is 16.2. The highest BCUT2D eigenvalue weighted by atomic mass is 35.5. The number of carbonyl (C=O) groups excluding carboxylic acids is 3. The smallest absolute Gasteiger partial charge is 0.328 e. The number of urea groups is 1. The molecular weight excluding hydrogens is 430 g/mol. The van der Waals surface area contributed by atoms with Crippen LogP contribution in [0.1, 0.15) is 22.5 Å². The molecule has 8 heteroatoms. The van der Waals surface area contributed by atoms with Gasteiger partial charge >= 0.3 is 6.03 Å². The molecule has 32 heavy (non-hydrogen) atoms. The molecule has 0 radical (unpaired) electrons. The maximum Gasteiger partial charge on any atom is 0.328 e. The predicted octanol–water partition coefficient (Wildman–Crippen LogP) is 4.08. The van der Waals surface area contributed by atoms with Gasteiger partial charge in [-0.1, -0.05) is 29.8 Å². The van der Waals surface area contributed by atoms with Crippen LogP contribution < -0.4 is 15.4 Å². The van der Waals surface area contributed by atoms with Crippen molar-refractivity contribution >= 4 is 35.5 Å². The second-order valence-corrected chi connectivity index (χ2v) is 7.74. The molecule has 4 amide bonds. The fourth-order valence-corrected chi connectivity index (χ4v) is 3.75. The second kappa shape index (κ2) is 8.72. The van der Waals surface area contributed by atoms with Gasteiger partial charge in [0.15, 0.2) is 0 Å². The van der Waals surface area contributed by atoms with E-state index in [0.717, 1.165) is 22.6 Å². The van der Waals surface area contributed by atoms with Gasteiger partial charge in [-0.15, -0.1) is 0 Å². The molecule has 2 aromatic carbocycles. The fourth-order valence-electron chi connectivity index (χ4n) is 3.56. The van der Waals surface area contributed by atoms with Crippen molar-refractivity contribution in [3.05, 3.63) is 87.7 Å². The van der Waals surface area contributed by atoms with E-state index >= 15 is 0 Å². The van der Waals surface area contributed by atoms with Crippen molar-refractivity contribution < 1.29 is 19.1 Å². The van der Waals surface area contributed by atoms with Gasteiger partial charge < -0.3 is 9.30 Å². The molecule has 4 rings (SSSR count). The normalized spacial score (nSPS) is 13.6. The minimum atomic E-state index is -0.820. The number of benzene rings is 2. The summed E-state index contributed by atoms with van der Waals surface area (Å²) in [6.07, 6.45) is 1.48. The number of carbonyl (C=O) groups is 3. The number of rotatable bonds is 5. The zero-order valence-electron chi connectivity index (χ0n) is 17.4. The summed E-state index contributed by atoms with van der Waals surface area (Å²) >= 11 is 6.17. The summed E-state index contributed by atoms with van der Waals surface area (Å²) in [5.74, 6) is -0.731. The Balaban J connectivity index is 1.56. The van der Waals surface area contributed by atoms with Gasteiger partial charge in [-0.05, 0) is 61.9 Å². The SMILES string of the molecule is Cc1cc(C=C2C(=O)NC(=O)NC2=O)c(C)n1-c1ccc(OCc2ccccc2Cl)cc1. The Morgan fingerprint density at radius 2 is 1.62 bits per heavy atom. The highest BCUT2D eigenvalue weighted by molar-refractivity contribution is 6.31. The maximum absolute atomic E-state index is 12.0. The van der Waals surface area contributed by atoms with Crippen LogP contribution in [-0.4, -0.2) is 22.4 Å². The molecular formula is C24H20ClN3O4. The molecule has 2 heterocycles. The van der Waals surface area contributed by atoms with Gasteiger partial charge in [0.1, 0.15) is 17.9 Å². The molecule has 1 aliphatic heterocycles. The summed E-state index contributed by atoms with van der Waals surface area (Å²) in [6.45, 7) is 4.19. The van der Waals surface area contributed by atoms with Crippen LogP contribution in [0.2, 0.25) is 5.02 Å². The molecule has 1 aliphatic rings. The molecule has 0 unspecified atom stereocenters. The first-order valence-electron chi connectivity index (χ1n) is 9.87. The lowest BCUT2D eigenvalue weighted by Gasteiger charge is -2.14. The summed E-state index contributed by atoms with van der Waals surface area (Å²) < 4.78 is 7.85. The summed E-state index contributed by atoms with van der Waals surface area (Å²) in [7, 11) is 0. The molecule has 3 aromatic rings. The quantitative estimate of drug-likeness (QED) is 0.453. The van der Waals surface area contributed by atoms with Crippen molar-refractivity contribution in [3.8, 4) is 11.4 Å². The highest BCUT2D eigenvalue weighted by Crippen LogP contribution is 2.25. The zero-order valence-corrected chi connectivity index (χ0v) is 18.2. The molecule has 1 fully saturated rings. The first kappa shape index (κ1) is 21.4. The van der Waals surface area contributed by atoms with Crippen molar-refractivity contribution in [2.24, 2.45) is 0 Å². The first-order chi connectivity index (χ1) is 15.3. The number of hydrogen-bond donors (Lipinski definition) is 2. The van der Waals surface area contributed by atoms with E-state index < -0.39 is 17.8 Å². The van der Waals surface area contributed by atoms with E-state index in [1.165, 1.54) is 6.08 Å². The standard InChI is InChI=1S/C24H20ClN3O4/c1-14-11-17(12-20-22(29)26-24(31)27-23(20)30)15(2)28(14)18-7-9-19(10-8-18)32-13-16-5-3-4-6-21(16)25/h3-12H,13H2,1-2H3,(H2,26,27,29,30,31). The van der Waals surface area contributed by atoms with Gasteiger partial charge in [0.25, 0.3) is 11.8 Å². The second-order valence-electron chi connectivity index (χ2n) is 7.33. The van der Waals surface area contributed by atoms with Crippen LogP contribution in [0.25, 0.3) is 11.8 Å². The number of ether oxygens (including phenoxy) is 1. The molecule has 0 bridgehead atoms. The number of hydrogen-bond acceptors (Lipinski definition) is 4. The minimum absolute atomic E-state index is 0.117. The van der Waals surface area contributed by atoms with Crippen LogP contribution in [0.15, 0.2) is 60.2 Å². The molecule has 1 aromatic heterocycles. The van der Waals surface area contributed by atoms with Crippen molar-refractivity contribution in [2.75, 3.05) is 0 Å². The van der Waals surface area contributed by atoms with E-state index in [2.05, 4.69) is 10.6 Å². The van der Waals surface area contributed by atoms with Gasteiger partial charge in [0.2, 0.25) is 0 Å². The largest absolute Gasteiger partial charge is 0.489 e. The van der Waals surface area contributed by atoms with E-state index in [0.29, 0.717) is 22.9 Å². The van der Waals surface area contributed by atoms with Crippen LogP contribution in [0.4, 0.5) is 4.79 Å². The summed E-state index contributed by atoms with van der Waals surface area (Å²) in [4.78, 5) is 35.3. The molecule has 162 valence electrons. The Hall–Kier alpha value is -3.84. The van der Waals surface area contributed by atoms with Crippen LogP contribution in [0, 0.1) is 13.8 Å². The van der Waals surface area contributed by atoms with Gasteiger partial charge in [0, 0.05) is 27.7 Å². The monoisotopic (exact) mass is 449 g/mol. The number of aryl methyl sites for hydroxylation is 1. The highest BCUT2D eigenvalue weighted by Gasteiger charge is 2.28. The number of halogens is 1. The zero-order chi connectivity index (χ0) is 22.8. The molecule has 0 saturated carbocycles. The predicted molar refractivity (Wildman–Crippen MR) is 121 cm³/mol. The van der Waals surface area contributed by atoms with Gasteiger partial charge in [-0.25, -0.2) is 4.79 Å². The average Bonchev–Trinajstić information content (AvgIpc) is 3.03. The molecule has 0 spiro atoms. The van der Waals surface area contributed by atoms with Crippen molar-refractivity contribution in [1.82, 2.24) is 15.2 Å². The third-order valence-electron chi connectivity index (χ3n) is 5.16. The number of imide groups is 2. The lowest BCUT2D eigenvalue weighted by atomic mass is 10.1. The minimum Gasteiger partial charge on any atom is -0.489 e. The third kappa shape index (κ3) is 4.29. The number of nitrogens with one attached hydrogen (secondary N) is 2. The third-order valence-corrected chi connectivity index (χ3v) is 5.53. The topological polar surface area (TPSA) is 89.4 Å². The molecule has 7 nitrogen and oxygen atoms in total. The van der Waals surface area contributed by atoms with Gasteiger partial charge in [-0.2, -0.15) is 0 Å². The lowest BCUT2D eigenvalue weighted by Crippen LogP contribution is -2.51. The Kier molecular flexibility index (Phi) is 5.83. The Bertz CT molecular complexity index is 1240. The summed E-state index contributed by atoms with van der Waals surface area (Å²) in [5.41, 5.74) is 4.17. The van der Waals surface area contributed by atoms with E-state index in [-0.39, 0.29) is 5.57 Å². The average molecular weight is 450 g/mol. The first-order valence-corrected chi connectivity index (χ1v) is 10.2. The summed E-state index contributed by atoms with van der Waals surface area (Å²) in [5, 5.41) is 4.82. The Labute approximate surface area is 189 Å². The number of barbiturate groups is 1. The molecule has 2 N–H and O–H groups in total. The number of aromatic nitrogens is 1. The molecule has 0 aliphatic carbocycles. The number of amides is 4. The fraction of sp³-hybridized carbons (Fsp3) is 0.125. The van der Waals surface area contributed by atoms with Crippen molar-refractivity contribution in [3.63, 3.8) is 0 Å². The van der Waals surface area contributed by atoms with Crippen LogP contribution in [0.3, 0.4) is 0 Å². The van der Waals surface area contributed by atoms with Crippen LogP contribution in [0.5, 0.6) is 5.75 Å². The maximum atomic E-state index is 12.0. The van der Waals surface area contributed by atoms with Crippen LogP contribution >= 0.6 is 11.6 Å². The van der Waals surface area contributed by atoms with E-state index in [4.69, 9.17) is 16.3 Å². The van der Waals surface area contributed by atoms with Crippen LogP contribution in [-0.2, 0) is 16.2 Å². The lowest BCUT2D eigenvalue weighted by molar-refractivity contribution is -0.123. The Morgan fingerprint density at radius 3 is 2.28 bits per heavy atom. The van der Waals surface area contributed by atoms with E-state index in [9.17, 15) is 14.4 Å². The molecule has 0 atom stereocenters. The number of nitrogens with zero attached hydrogens (tertiary/aromatic N) is 1. The van der Waals surface area contributed by atoms with Gasteiger partial charge in [0.05, 0.1) is 0 Å². The van der Waals surface area contributed by atoms with Gasteiger partial charge in [-0.3, -0.25) is 20.2 Å². The van der Waals surface area contributed by atoms with E-state index in [1.54, 1.807) is 0 Å². The van der Waals surface area contributed by atoms with E-state index in [1.807, 2.05) is 73.0 Å². The molecule has 1 saturated heterocycles. The van der Waals surface area contributed by atoms with Crippen molar-refractivity contribution in [1.29, 1.82) is 0 Å². The van der Waals surface area contributed by atoms with Crippen molar-refractivity contribution in [2.45, 2.75) is 20.5 Å². The Morgan fingerprint density at radius 1 is 0.969 bits per heavy atom.